The molecule has 0 aliphatic heterocycles. The fourth-order valence-corrected chi connectivity index (χ4v) is 2.26. The van der Waals surface area contributed by atoms with Crippen LogP contribution in [0.3, 0.4) is 0 Å². The molecule has 2 aromatic rings. The molecule has 0 fully saturated rings. The highest BCUT2D eigenvalue weighted by atomic mass is 32.2. The van der Waals surface area contributed by atoms with E-state index in [1.807, 2.05) is 6.07 Å². The zero-order valence-electron chi connectivity index (χ0n) is 9.77. The SMILES string of the molecule is Cc1ccc(Sc2ccc(C#N)cn2)cc1C. The van der Waals surface area contributed by atoms with Crippen molar-refractivity contribution in [3.63, 3.8) is 0 Å². The molecule has 0 saturated carbocycles. The predicted octanol–water partition coefficient (Wildman–Crippen LogP) is 3.72. The van der Waals surface area contributed by atoms with Crippen LogP contribution >= 0.6 is 11.8 Å². The number of pyridine rings is 1. The Hall–Kier alpha value is -1.79. The number of aryl methyl sites for hydroxylation is 2. The Labute approximate surface area is 105 Å². The van der Waals surface area contributed by atoms with E-state index >= 15 is 0 Å². The van der Waals surface area contributed by atoms with Crippen LogP contribution in [0.1, 0.15) is 16.7 Å². The molecule has 0 radical (unpaired) electrons. The minimum Gasteiger partial charge on any atom is -0.248 e. The van der Waals surface area contributed by atoms with E-state index in [0.717, 1.165) is 5.03 Å². The van der Waals surface area contributed by atoms with Gasteiger partial charge in [-0.1, -0.05) is 17.8 Å². The maximum atomic E-state index is 8.69. The summed E-state index contributed by atoms with van der Waals surface area (Å²) in [4.78, 5) is 5.41. The van der Waals surface area contributed by atoms with Gasteiger partial charge in [-0.3, -0.25) is 0 Å². The summed E-state index contributed by atoms with van der Waals surface area (Å²) < 4.78 is 0. The standard InChI is InChI=1S/C14H12N2S/c1-10-3-5-13(7-11(10)2)17-14-6-4-12(8-15)9-16-14/h3-7,9H,1-2H3. The molecule has 1 aromatic carbocycles. The Morgan fingerprint density at radius 1 is 1.12 bits per heavy atom. The molecule has 0 aliphatic carbocycles. The smallest absolute Gasteiger partial charge is 0.101 e. The molecule has 0 saturated heterocycles. The summed E-state index contributed by atoms with van der Waals surface area (Å²) >= 11 is 1.61. The normalized spacial score (nSPS) is 9.94. The van der Waals surface area contributed by atoms with E-state index in [4.69, 9.17) is 5.26 Å². The molecule has 2 nitrogen and oxygen atoms in total. The third-order valence-corrected chi connectivity index (χ3v) is 3.51. The third-order valence-electron chi connectivity index (χ3n) is 2.57. The van der Waals surface area contributed by atoms with Gasteiger partial charge in [0.2, 0.25) is 0 Å². The first-order valence-corrected chi connectivity index (χ1v) is 6.12. The van der Waals surface area contributed by atoms with Crippen molar-refractivity contribution in [2.75, 3.05) is 0 Å². The fraction of sp³-hybridized carbons (Fsp3) is 0.143. The van der Waals surface area contributed by atoms with Gasteiger partial charge in [0.15, 0.2) is 0 Å². The molecule has 3 heteroatoms. The number of hydrogen-bond acceptors (Lipinski definition) is 3. The van der Waals surface area contributed by atoms with Crippen LogP contribution in [-0.2, 0) is 0 Å². The van der Waals surface area contributed by atoms with Crippen LogP contribution in [-0.4, -0.2) is 4.98 Å². The summed E-state index contributed by atoms with van der Waals surface area (Å²) in [5, 5.41) is 9.60. The van der Waals surface area contributed by atoms with Crippen molar-refractivity contribution in [3.8, 4) is 6.07 Å². The van der Waals surface area contributed by atoms with Crippen LogP contribution in [0.4, 0.5) is 0 Å². The topological polar surface area (TPSA) is 36.7 Å². The van der Waals surface area contributed by atoms with Crippen LogP contribution in [0.25, 0.3) is 0 Å². The summed E-state index contributed by atoms with van der Waals surface area (Å²) in [6.45, 7) is 4.20. The number of aromatic nitrogens is 1. The van der Waals surface area contributed by atoms with Crippen LogP contribution < -0.4 is 0 Å². The minimum absolute atomic E-state index is 0.592. The molecule has 0 atom stereocenters. The summed E-state index contributed by atoms with van der Waals surface area (Å²) in [6, 6.07) is 12.1. The van der Waals surface area contributed by atoms with Crippen LogP contribution in [0, 0.1) is 25.2 Å². The molecular weight excluding hydrogens is 228 g/mol. The first kappa shape index (κ1) is 11.7. The van der Waals surface area contributed by atoms with Crippen LogP contribution in [0.5, 0.6) is 0 Å². The maximum absolute atomic E-state index is 8.69. The van der Waals surface area contributed by atoms with Crippen molar-refractivity contribution >= 4 is 11.8 Å². The second kappa shape index (κ2) is 5.03. The molecule has 0 unspecified atom stereocenters. The Morgan fingerprint density at radius 3 is 2.53 bits per heavy atom. The van der Waals surface area contributed by atoms with Crippen molar-refractivity contribution in [3.05, 3.63) is 53.2 Å². The Morgan fingerprint density at radius 2 is 1.94 bits per heavy atom. The number of nitrogens with zero attached hydrogens (tertiary/aromatic N) is 2. The maximum Gasteiger partial charge on any atom is 0.101 e. The number of nitriles is 1. The first-order chi connectivity index (χ1) is 8.19. The highest BCUT2D eigenvalue weighted by molar-refractivity contribution is 7.99. The predicted molar refractivity (Wildman–Crippen MR) is 69.0 cm³/mol. The fourth-order valence-electron chi connectivity index (χ4n) is 1.40. The van der Waals surface area contributed by atoms with E-state index in [1.54, 1.807) is 24.0 Å². The van der Waals surface area contributed by atoms with E-state index in [2.05, 4.69) is 43.1 Å². The number of benzene rings is 1. The lowest BCUT2D eigenvalue weighted by molar-refractivity contribution is 1.12. The first-order valence-electron chi connectivity index (χ1n) is 5.30. The minimum atomic E-state index is 0.592. The molecule has 0 amide bonds. The highest BCUT2D eigenvalue weighted by Gasteiger charge is 2.01. The van der Waals surface area contributed by atoms with Gasteiger partial charge in [-0.25, -0.2) is 4.98 Å². The van der Waals surface area contributed by atoms with E-state index in [9.17, 15) is 0 Å². The van der Waals surface area contributed by atoms with Gasteiger partial charge in [0, 0.05) is 11.1 Å². The van der Waals surface area contributed by atoms with Crippen molar-refractivity contribution in [2.24, 2.45) is 0 Å². The quantitative estimate of drug-likeness (QED) is 0.802. The molecule has 0 N–H and O–H groups in total. The zero-order valence-corrected chi connectivity index (χ0v) is 10.6. The molecule has 17 heavy (non-hydrogen) atoms. The summed E-state index contributed by atoms with van der Waals surface area (Å²) in [5.41, 5.74) is 3.17. The van der Waals surface area contributed by atoms with Gasteiger partial charge >= 0.3 is 0 Å². The van der Waals surface area contributed by atoms with E-state index in [0.29, 0.717) is 5.56 Å². The van der Waals surface area contributed by atoms with Crippen molar-refractivity contribution in [1.29, 1.82) is 5.26 Å². The molecular formula is C14H12N2S. The molecule has 1 heterocycles. The Kier molecular flexibility index (Phi) is 3.46. The van der Waals surface area contributed by atoms with Crippen molar-refractivity contribution < 1.29 is 0 Å². The summed E-state index contributed by atoms with van der Waals surface area (Å²) in [5.74, 6) is 0. The van der Waals surface area contributed by atoms with Crippen molar-refractivity contribution in [2.45, 2.75) is 23.8 Å². The summed E-state index contributed by atoms with van der Waals surface area (Å²) in [7, 11) is 0. The molecule has 0 spiro atoms. The molecule has 84 valence electrons. The van der Waals surface area contributed by atoms with Crippen LogP contribution in [0.15, 0.2) is 46.5 Å². The number of hydrogen-bond donors (Lipinski definition) is 0. The van der Waals surface area contributed by atoms with E-state index < -0.39 is 0 Å². The molecule has 1 aromatic heterocycles. The average Bonchev–Trinajstić information content (AvgIpc) is 2.35. The lowest BCUT2D eigenvalue weighted by Gasteiger charge is -2.04. The monoisotopic (exact) mass is 240 g/mol. The van der Waals surface area contributed by atoms with Crippen molar-refractivity contribution in [1.82, 2.24) is 4.98 Å². The van der Waals surface area contributed by atoms with Gasteiger partial charge < -0.3 is 0 Å². The van der Waals surface area contributed by atoms with Gasteiger partial charge in [-0.05, 0) is 49.2 Å². The number of rotatable bonds is 2. The lowest BCUT2D eigenvalue weighted by atomic mass is 10.1. The van der Waals surface area contributed by atoms with Gasteiger partial charge in [0.25, 0.3) is 0 Å². The highest BCUT2D eigenvalue weighted by Crippen LogP contribution is 2.27. The largest absolute Gasteiger partial charge is 0.248 e. The zero-order chi connectivity index (χ0) is 12.3. The van der Waals surface area contributed by atoms with Crippen LogP contribution in [0.2, 0.25) is 0 Å². The van der Waals surface area contributed by atoms with Gasteiger partial charge in [0.05, 0.1) is 5.56 Å². The molecule has 2 rings (SSSR count). The van der Waals surface area contributed by atoms with Gasteiger partial charge in [-0.15, -0.1) is 0 Å². The molecule has 0 bridgehead atoms. The second-order valence-corrected chi connectivity index (χ2v) is 4.94. The third kappa shape index (κ3) is 2.86. The Bertz CT molecular complexity index is 568. The lowest BCUT2D eigenvalue weighted by Crippen LogP contribution is -1.84. The Balaban J connectivity index is 2.20. The van der Waals surface area contributed by atoms with E-state index in [-0.39, 0.29) is 0 Å². The average molecular weight is 240 g/mol. The summed E-state index contributed by atoms with van der Waals surface area (Å²) in [6.07, 6.45) is 1.60. The van der Waals surface area contributed by atoms with E-state index in [1.165, 1.54) is 16.0 Å². The van der Waals surface area contributed by atoms with Gasteiger partial charge in [0.1, 0.15) is 11.1 Å². The molecule has 0 aliphatic rings. The second-order valence-electron chi connectivity index (χ2n) is 3.85. The van der Waals surface area contributed by atoms with Gasteiger partial charge in [-0.2, -0.15) is 5.26 Å².